The molecule has 1 rings (SSSR count). The lowest BCUT2D eigenvalue weighted by atomic mass is 10.3. The van der Waals surface area contributed by atoms with Crippen LogP contribution in [0.4, 0.5) is 0 Å². The Labute approximate surface area is 114 Å². The van der Waals surface area contributed by atoms with Crippen molar-refractivity contribution in [3.63, 3.8) is 0 Å². The van der Waals surface area contributed by atoms with Gasteiger partial charge in [0.2, 0.25) is 5.56 Å². The number of aromatic nitrogens is 1. The van der Waals surface area contributed by atoms with Crippen molar-refractivity contribution in [2.75, 3.05) is 12.5 Å². The Bertz CT molecular complexity index is 410. The number of hydrogen-bond donors (Lipinski definition) is 1. The maximum Gasteiger partial charge on any atom is 0.248 e. The summed E-state index contributed by atoms with van der Waals surface area (Å²) in [4.78, 5) is 13.7. The van der Waals surface area contributed by atoms with Crippen LogP contribution >= 0.6 is 10.3 Å². The summed E-state index contributed by atoms with van der Waals surface area (Å²) in [6.45, 7) is 11.0. The highest BCUT2D eigenvalue weighted by Crippen LogP contribution is 2.54. The predicted octanol–water partition coefficient (Wildman–Crippen LogP) is 3.94. The van der Waals surface area contributed by atoms with Crippen molar-refractivity contribution in [2.45, 2.75) is 46.0 Å². The van der Waals surface area contributed by atoms with Crippen molar-refractivity contribution in [2.24, 2.45) is 0 Å². The molecule has 0 atom stereocenters. The van der Waals surface area contributed by atoms with Gasteiger partial charge >= 0.3 is 0 Å². The third-order valence-electron chi connectivity index (χ3n) is 2.83. The highest BCUT2D eigenvalue weighted by Gasteiger charge is 2.28. The Kier molecular flexibility index (Phi) is 6.71. The zero-order valence-corrected chi connectivity index (χ0v) is 13.5. The summed E-state index contributed by atoms with van der Waals surface area (Å²) in [5.74, 6) is 0. The van der Waals surface area contributed by atoms with Crippen molar-refractivity contribution >= 4 is 10.3 Å². The van der Waals surface area contributed by atoms with Crippen molar-refractivity contribution < 1.29 is 5.61 Å². The van der Waals surface area contributed by atoms with Gasteiger partial charge in [-0.3, -0.25) is 4.79 Å². The van der Waals surface area contributed by atoms with E-state index >= 15 is 0 Å². The highest BCUT2D eigenvalue weighted by atomic mass is 32.3. The van der Waals surface area contributed by atoms with Crippen LogP contribution in [0.2, 0.25) is 0 Å². The van der Waals surface area contributed by atoms with E-state index in [0.29, 0.717) is 6.61 Å². The molecule has 4 heteroatoms. The monoisotopic (exact) mass is 275 g/mol. The van der Waals surface area contributed by atoms with Crippen molar-refractivity contribution in [1.82, 2.24) is 4.98 Å². The summed E-state index contributed by atoms with van der Waals surface area (Å²) in [5.41, 5.74) is 0.846. The van der Waals surface area contributed by atoms with Crippen LogP contribution in [0.1, 0.15) is 41.6 Å². The zero-order chi connectivity index (χ0) is 14.4. The summed E-state index contributed by atoms with van der Waals surface area (Å²) < 4.78 is 6.11. The van der Waals surface area contributed by atoms with E-state index < -0.39 is 10.3 Å². The van der Waals surface area contributed by atoms with Gasteiger partial charge in [0.05, 0.1) is 6.61 Å². The Hall–Kier alpha value is -0.740. The van der Waals surface area contributed by atoms with Crippen molar-refractivity contribution in [3.05, 3.63) is 34.2 Å². The number of H-pyrrole nitrogens is 1. The van der Waals surface area contributed by atoms with E-state index in [1.807, 2.05) is 19.9 Å². The van der Waals surface area contributed by atoms with Gasteiger partial charge in [-0.2, -0.15) is 0 Å². The fourth-order valence-electron chi connectivity index (χ4n) is 0.971. The molecule has 0 unspecified atom stereocenters. The molecule has 0 aliphatic heterocycles. The average molecular weight is 275 g/mol. The molecule has 0 saturated heterocycles. The van der Waals surface area contributed by atoms with E-state index in [2.05, 4.69) is 38.3 Å². The van der Waals surface area contributed by atoms with Crippen LogP contribution in [0, 0.1) is 0 Å². The number of hydrogen-bond acceptors (Lipinski definition) is 2. The first-order valence-electron chi connectivity index (χ1n) is 6.27. The van der Waals surface area contributed by atoms with Gasteiger partial charge in [0.15, 0.2) is 0 Å². The summed E-state index contributed by atoms with van der Waals surface area (Å²) in [6.07, 6.45) is 5.96. The van der Waals surface area contributed by atoms with Crippen molar-refractivity contribution in [3.8, 4) is 0 Å². The van der Waals surface area contributed by atoms with Gasteiger partial charge in [0.25, 0.3) is 0 Å². The summed E-state index contributed by atoms with van der Waals surface area (Å²) in [5, 5.41) is 0. The lowest BCUT2D eigenvalue weighted by molar-refractivity contribution is 0.338. The molecule has 1 aromatic heterocycles. The molecule has 0 aliphatic carbocycles. The molecule has 0 bridgehead atoms. The summed E-state index contributed by atoms with van der Waals surface area (Å²) in [7, 11) is -1.12. The number of pyridine rings is 1. The standard InChI is InChI=1S/C12H21NO2S.C2H6.H2/c1-12(2,3)16(4,5)15-9-10-6-7-13-11(14)8-10;1-2;/h6-8H,9H2,1-5H3,(H,13,14);1-2H3;1H. The number of rotatable bonds is 3. The zero-order valence-electron chi connectivity index (χ0n) is 12.7. The molecule has 0 aromatic carbocycles. The number of aromatic amines is 1. The molecular formula is C14H29NO2S. The lowest BCUT2D eigenvalue weighted by Gasteiger charge is -2.43. The van der Waals surface area contributed by atoms with Crippen LogP contribution in [-0.4, -0.2) is 22.2 Å². The van der Waals surface area contributed by atoms with Gasteiger partial charge < -0.3 is 9.17 Å². The minimum atomic E-state index is -1.12. The molecule has 0 fully saturated rings. The third kappa shape index (κ3) is 5.27. The topological polar surface area (TPSA) is 42.1 Å². The first-order chi connectivity index (χ1) is 8.22. The molecule has 0 radical (unpaired) electrons. The maximum absolute atomic E-state index is 11.1. The molecule has 0 amide bonds. The second-order valence-electron chi connectivity index (χ2n) is 5.17. The van der Waals surface area contributed by atoms with E-state index in [1.54, 1.807) is 12.3 Å². The van der Waals surface area contributed by atoms with E-state index in [1.165, 1.54) is 0 Å². The predicted molar refractivity (Wildman–Crippen MR) is 84.5 cm³/mol. The molecule has 18 heavy (non-hydrogen) atoms. The first-order valence-corrected chi connectivity index (χ1v) is 8.65. The largest absolute Gasteiger partial charge is 0.332 e. The second kappa shape index (κ2) is 7.00. The van der Waals surface area contributed by atoms with Gasteiger partial charge in [0, 0.05) is 18.4 Å². The third-order valence-corrected chi connectivity index (χ3v) is 6.49. The van der Waals surface area contributed by atoms with Crippen molar-refractivity contribution in [1.29, 1.82) is 0 Å². The lowest BCUT2D eigenvalue weighted by Crippen LogP contribution is -2.25. The fourth-order valence-corrected chi connectivity index (χ4v) is 1.76. The van der Waals surface area contributed by atoms with Crippen LogP contribution in [0.25, 0.3) is 0 Å². The van der Waals surface area contributed by atoms with E-state index in [4.69, 9.17) is 4.18 Å². The second-order valence-corrected chi connectivity index (χ2v) is 9.10. The SMILES string of the molecule is CC.CC(C)(C)S(C)(C)OCc1cc[nH]c(=O)c1.[HH]. The molecule has 1 aromatic rings. The minimum Gasteiger partial charge on any atom is -0.332 e. The Morgan fingerprint density at radius 2 is 1.89 bits per heavy atom. The van der Waals surface area contributed by atoms with Crippen LogP contribution in [0.15, 0.2) is 23.1 Å². The van der Waals surface area contributed by atoms with Crippen LogP contribution < -0.4 is 5.56 Å². The quantitative estimate of drug-likeness (QED) is 0.908. The summed E-state index contributed by atoms with van der Waals surface area (Å²) >= 11 is 0. The van der Waals surface area contributed by atoms with Crippen LogP contribution in [0.5, 0.6) is 0 Å². The van der Waals surface area contributed by atoms with E-state index in [9.17, 15) is 4.79 Å². The van der Waals surface area contributed by atoms with Gasteiger partial charge in [0.1, 0.15) is 0 Å². The van der Waals surface area contributed by atoms with E-state index in [0.717, 1.165) is 5.56 Å². The smallest absolute Gasteiger partial charge is 0.248 e. The molecule has 1 heterocycles. The summed E-state index contributed by atoms with van der Waals surface area (Å²) in [6, 6.07) is 3.46. The Morgan fingerprint density at radius 1 is 1.33 bits per heavy atom. The van der Waals surface area contributed by atoms with Gasteiger partial charge in [-0.25, -0.2) is 0 Å². The van der Waals surface area contributed by atoms with Gasteiger partial charge in [-0.05, 0) is 24.1 Å². The van der Waals surface area contributed by atoms with E-state index in [-0.39, 0.29) is 11.7 Å². The van der Waals surface area contributed by atoms with Gasteiger partial charge in [-0.1, -0.05) is 34.6 Å². The maximum atomic E-state index is 11.1. The Balaban J connectivity index is 0. The highest BCUT2D eigenvalue weighted by molar-refractivity contribution is 8.29. The van der Waals surface area contributed by atoms with Crippen LogP contribution in [-0.2, 0) is 10.8 Å². The fraction of sp³-hybridized carbons (Fsp3) is 0.643. The molecular weight excluding hydrogens is 246 g/mol. The average Bonchev–Trinajstić information content (AvgIpc) is 2.28. The first kappa shape index (κ1) is 17.3. The molecule has 108 valence electrons. The van der Waals surface area contributed by atoms with Gasteiger partial charge in [-0.15, -0.1) is 10.3 Å². The molecule has 0 saturated carbocycles. The minimum absolute atomic E-state index is 0. The number of nitrogens with one attached hydrogen (secondary N) is 1. The molecule has 0 aliphatic rings. The van der Waals surface area contributed by atoms with Crippen LogP contribution in [0.3, 0.4) is 0 Å². The Morgan fingerprint density at radius 3 is 2.33 bits per heavy atom. The molecule has 1 N–H and O–H groups in total. The molecule has 3 nitrogen and oxygen atoms in total. The molecule has 0 spiro atoms. The normalized spacial score (nSPS) is 12.6.